The lowest BCUT2D eigenvalue weighted by molar-refractivity contribution is -0.929. The van der Waals surface area contributed by atoms with Gasteiger partial charge in [-0.25, -0.2) is 0 Å². The van der Waals surface area contributed by atoms with Crippen LogP contribution in [0, 0.1) is 0 Å². The van der Waals surface area contributed by atoms with Gasteiger partial charge in [0.1, 0.15) is 0 Å². The molecule has 0 heterocycles. The van der Waals surface area contributed by atoms with Crippen molar-refractivity contribution in [1.29, 1.82) is 0 Å². The quantitative estimate of drug-likeness (QED) is 0.130. The second-order valence-electron chi connectivity index (χ2n) is 8.54. The van der Waals surface area contributed by atoms with E-state index in [0.717, 1.165) is 0 Å². The molecule has 0 radical (unpaired) electrons. The zero-order valence-electron chi connectivity index (χ0n) is 31.0. The predicted octanol–water partition coefficient (Wildman–Crippen LogP) is -34.5. The first-order chi connectivity index (χ1) is 25.6. The van der Waals surface area contributed by atoms with Crippen molar-refractivity contribution in [3.63, 3.8) is 0 Å². The lowest BCUT2D eigenvalue weighted by Crippen LogP contribution is -2.56. The van der Waals surface area contributed by atoms with Crippen LogP contribution in [0.15, 0.2) is 0 Å². The molecule has 0 fully saturated rings. The Morgan fingerprint density at radius 2 is 0.281 bits per heavy atom. The monoisotopic (exact) mass is 832 g/mol. The summed E-state index contributed by atoms with van der Waals surface area (Å²) >= 11 is 0. The SMILES string of the molecule is CCCC[N+](CCCC)(CCCC)CCCC.[O-]B([O-])[O-].[O-]B([O-])[O-].[O-]B([O-])[O-].[O-]B([O-])[O-].[O-]B([O-])[O-].[O-]B([O-])[O-].[O-]B([O-])[O-].[O-]B([O-])[O-].[O-]B([O-])[O-].[O-]B([O-])[O-]. The molecule has 0 rings (SSSR count). The molecule has 0 amide bonds. The molecule has 0 aliphatic carbocycles. The number of hydrogen-bond acceptors (Lipinski definition) is 30. The zero-order chi connectivity index (χ0) is 48.8. The van der Waals surface area contributed by atoms with E-state index in [9.17, 15) is 0 Å². The molecule has 41 heteroatoms. The third kappa shape index (κ3) is 420. The zero-order valence-corrected chi connectivity index (χ0v) is 31.0. The molecule has 0 aromatic heterocycles. The van der Waals surface area contributed by atoms with Gasteiger partial charge in [-0.05, 0) is 25.7 Å². The van der Waals surface area contributed by atoms with Crippen LogP contribution in [0.2, 0.25) is 0 Å². The van der Waals surface area contributed by atoms with E-state index in [0.29, 0.717) is 0 Å². The van der Waals surface area contributed by atoms with Crippen LogP contribution in [0.1, 0.15) is 79.1 Å². The van der Waals surface area contributed by atoms with Crippen LogP contribution < -0.4 is 151 Å². The van der Waals surface area contributed by atoms with Crippen LogP contribution in [0.5, 0.6) is 0 Å². The molecular formula is C16H36B10NO30-29. The van der Waals surface area contributed by atoms with Gasteiger partial charge >= 0.3 is 0 Å². The van der Waals surface area contributed by atoms with E-state index in [-0.39, 0.29) is 0 Å². The maximum absolute atomic E-state index is 8.42. The molecule has 0 unspecified atom stereocenters. The number of unbranched alkanes of at least 4 members (excludes halogenated alkanes) is 4. The van der Waals surface area contributed by atoms with Gasteiger partial charge in [-0.3, -0.25) is 73.2 Å². The van der Waals surface area contributed by atoms with Crippen molar-refractivity contribution >= 4 is 73.2 Å². The van der Waals surface area contributed by atoms with Crippen molar-refractivity contribution in [2.45, 2.75) is 79.1 Å². The summed E-state index contributed by atoms with van der Waals surface area (Å²) in [7, 11) is -29.2. The normalized spacial score (nSPS) is 8.32. The molecule has 0 aromatic carbocycles. The summed E-state index contributed by atoms with van der Waals surface area (Å²) in [4.78, 5) is 0. The van der Waals surface area contributed by atoms with Crippen molar-refractivity contribution in [2.75, 3.05) is 26.2 Å². The van der Waals surface area contributed by atoms with E-state index in [1.165, 1.54) is 82.0 Å². The van der Waals surface area contributed by atoms with E-state index >= 15 is 0 Å². The van der Waals surface area contributed by atoms with Crippen LogP contribution in [-0.4, -0.2) is 104 Å². The molecule has 31 nitrogen and oxygen atoms in total. The van der Waals surface area contributed by atoms with Crippen molar-refractivity contribution in [3.8, 4) is 0 Å². The summed E-state index contributed by atoms with van der Waals surface area (Å²) in [5.41, 5.74) is 0. The molecule has 0 N–H and O–H groups in total. The van der Waals surface area contributed by atoms with Crippen molar-refractivity contribution < 1.29 is 155 Å². The number of quaternary nitrogens is 1. The minimum atomic E-state index is -2.92. The summed E-state index contributed by atoms with van der Waals surface area (Å²) in [6, 6.07) is 0. The fourth-order valence-corrected chi connectivity index (χ4v) is 2.64. The summed E-state index contributed by atoms with van der Waals surface area (Å²) in [6.45, 7) is 15.0. The fourth-order valence-electron chi connectivity index (χ4n) is 2.64. The van der Waals surface area contributed by atoms with Gasteiger partial charge < -0.3 is 155 Å². The highest BCUT2D eigenvalue weighted by Gasteiger charge is 2.24. The summed E-state index contributed by atoms with van der Waals surface area (Å²) in [5.74, 6) is 0. The lowest BCUT2D eigenvalue weighted by atomic mass is 10.1. The Morgan fingerprint density at radius 3 is 0.333 bits per heavy atom. The molecule has 0 spiro atoms. The van der Waals surface area contributed by atoms with Crippen LogP contribution in [0.3, 0.4) is 0 Å². The first-order valence-electron chi connectivity index (χ1n) is 15.2. The van der Waals surface area contributed by atoms with E-state index in [2.05, 4.69) is 27.7 Å². The molecule has 57 heavy (non-hydrogen) atoms. The Labute approximate surface area is 333 Å². The van der Waals surface area contributed by atoms with Gasteiger partial charge in [0.2, 0.25) is 0 Å². The van der Waals surface area contributed by atoms with Gasteiger partial charge in [0.15, 0.2) is 0 Å². The Hall–Kier alpha value is -0.591. The average molecular weight is 831 g/mol. The van der Waals surface area contributed by atoms with Gasteiger partial charge in [-0.15, -0.1) is 0 Å². The van der Waals surface area contributed by atoms with Gasteiger partial charge in [-0.2, -0.15) is 0 Å². The smallest absolute Gasteiger partial charge is 0.0786 e. The van der Waals surface area contributed by atoms with Crippen LogP contribution in [-0.2, 0) is 0 Å². The van der Waals surface area contributed by atoms with Crippen LogP contribution in [0.4, 0.5) is 0 Å². The Balaban J connectivity index is -0.0000000494. The summed E-state index contributed by atoms with van der Waals surface area (Å²) in [5, 5.41) is 252. The molecule has 344 valence electrons. The highest BCUT2D eigenvalue weighted by Crippen LogP contribution is 2.16. The predicted molar refractivity (Wildman–Crippen MR) is 137 cm³/mol. The van der Waals surface area contributed by atoms with Gasteiger partial charge in [0.05, 0.1) is 26.2 Å². The van der Waals surface area contributed by atoms with E-state index < -0.39 is 73.2 Å². The molecule has 0 aromatic rings. The summed E-state index contributed by atoms with van der Waals surface area (Å²) < 4.78 is 1.42. The minimum Gasteiger partial charge on any atom is -0.907 e. The minimum absolute atomic E-state index is 1.35. The highest BCUT2D eigenvalue weighted by atomic mass is 16.6. The molecule has 0 atom stereocenters. The first kappa shape index (κ1) is 84.0. The number of rotatable bonds is 12. The molecule has 0 saturated carbocycles. The fraction of sp³-hybridized carbons (Fsp3) is 1.00. The van der Waals surface area contributed by atoms with E-state index in [1.807, 2.05) is 0 Å². The first-order valence-corrected chi connectivity index (χ1v) is 15.2. The second kappa shape index (κ2) is 73.0. The maximum Gasteiger partial charge on any atom is 0.0786 e. The average Bonchev–Trinajstić information content (AvgIpc) is 2.93. The standard InChI is InChI=1S/C16H36N.10BO3/c1-5-9-13-17(14-10-6-2,15-11-7-3)16-12-8-4;10*2-1(3)4/h5-16H2,1-4H3;;;;;;;;;;/q+1;10*-3. The molecule has 0 saturated heterocycles. The Bertz CT molecular complexity index is 437. The molecule has 0 bridgehead atoms. The third-order valence-corrected chi connectivity index (χ3v) is 3.94. The van der Waals surface area contributed by atoms with Gasteiger partial charge in [-0.1, -0.05) is 53.4 Å². The highest BCUT2D eigenvalue weighted by molar-refractivity contribution is 6.25. The topological polar surface area (TPSA) is 692 Å². The molecule has 0 aliphatic rings. The van der Waals surface area contributed by atoms with Gasteiger partial charge in [0, 0.05) is 0 Å². The Morgan fingerprint density at radius 1 is 0.211 bits per heavy atom. The van der Waals surface area contributed by atoms with Crippen molar-refractivity contribution in [2.24, 2.45) is 0 Å². The Kier molecular flexibility index (Phi) is 108. The van der Waals surface area contributed by atoms with Crippen LogP contribution >= 0.6 is 0 Å². The van der Waals surface area contributed by atoms with Gasteiger partial charge in [0.25, 0.3) is 0 Å². The number of hydrogen-bond donors (Lipinski definition) is 0. The largest absolute Gasteiger partial charge is 0.907 e. The number of nitrogens with zero attached hydrogens (tertiary/aromatic N) is 1. The second-order valence-corrected chi connectivity index (χ2v) is 8.54. The lowest BCUT2D eigenvalue weighted by Gasteiger charge is -2.39. The third-order valence-electron chi connectivity index (χ3n) is 3.94. The van der Waals surface area contributed by atoms with Crippen molar-refractivity contribution in [3.05, 3.63) is 0 Å². The van der Waals surface area contributed by atoms with E-state index in [1.54, 1.807) is 0 Å². The maximum atomic E-state index is 8.42. The van der Waals surface area contributed by atoms with Crippen LogP contribution in [0.25, 0.3) is 0 Å². The molecule has 0 aliphatic heterocycles. The molecular weight excluding hydrogens is 794 g/mol. The van der Waals surface area contributed by atoms with Crippen molar-refractivity contribution in [1.82, 2.24) is 0 Å². The summed E-state index contributed by atoms with van der Waals surface area (Å²) in [6.07, 6.45) is 11.1. The van der Waals surface area contributed by atoms with E-state index in [4.69, 9.17) is 151 Å².